The maximum atomic E-state index is 11.5. The van der Waals surface area contributed by atoms with Crippen LogP contribution < -0.4 is 11.1 Å². The molecular weight excluding hydrogens is 198 g/mol. The van der Waals surface area contributed by atoms with E-state index in [9.17, 15) is 9.59 Å². The molecule has 1 rings (SSSR count). The third kappa shape index (κ3) is 4.64. The minimum Gasteiger partial charge on any atom is -0.480 e. The Hall–Kier alpha value is -1.30. The van der Waals surface area contributed by atoms with E-state index in [2.05, 4.69) is 5.32 Å². The van der Waals surface area contributed by atoms with Gasteiger partial charge in [0, 0.05) is 19.6 Å². The first-order chi connectivity index (χ1) is 7.13. The highest BCUT2D eigenvalue weighted by atomic mass is 16.4. The van der Waals surface area contributed by atoms with Gasteiger partial charge in [-0.1, -0.05) is 0 Å². The number of hydrogen-bond donors (Lipinski definition) is 3. The second-order valence-corrected chi connectivity index (χ2v) is 3.74. The molecule has 0 unspecified atom stereocenters. The Morgan fingerprint density at radius 2 is 2.13 bits per heavy atom. The fourth-order valence-corrected chi connectivity index (χ4v) is 1.29. The van der Waals surface area contributed by atoms with E-state index in [1.54, 1.807) is 0 Å². The Kier molecular flexibility index (Phi) is 4.36. The highest BCUT2D eigenvalue weighted by Crippen LogP contribution is 2.29. The number of rotatable bonds is 6. The van der Waals surface area contributed by atoms with Gasteiger partial charge in [0.2, 0.25) is 0 Å². The van der Waals surface area contributed by atoms with E-state index in [0.29, 0.717) is 25.6 Å². The molecule has 86 valence electrons. The smallest absolute Gasteiger partial charge is 0.323 e. The number of urea groups is 1. The fraction of sp³-hybridized carbons (Fsp3) is 0.778. The molecule has 1 aliphatic carbocycles. The van der Waals surface area contributed by atoms with Crippen molar-refractivity contribution >= 4 is 12.0 Å². The van der Waals surface area contributed by atoms with Gasteiger partial charge in [0.25, 0.3) is 0 Å². The molecule has 1 fully saturated rings. The van der Waals surface area contributed by atoms with Gasteiger partial charge in [-0.25, -0.2) is 4.79 Å². The number of hydrogen-bond acceptors (Lipinski definition) is 3. The second kappa shape index (κ2) is 5.55. The number of carboxylic acid groups (broad SMARTS) is 1. The molecule has 6 nitrogen and oxygen atoms in total. The molecule has 0 aromatic carbocycles. The van der Waals surface area contributed by atoms with Crippen molar-refractivity contribution in [2.75, 3.05) is 26.2 Å². The number of nitrogens with zero attached hydrogens (tertiary/aromatic N) is 1. The highest BCUT2D eigenvalue weighted by Gasteiger charge is 2.27. The molecule has 0 aromatic rings. The van der Waals surface area contributed by atoms with E-state index >= 15 is 0 Å². The summed E-state index contributed by atoms with van der Waals surface area (Å²) in [6.45, 7) is 1.02. The van der Waals surface area contributed by atoms with Crippen molar-refractivity contribution in [2.24, 2.45) is 11.7 Å². The van der Waals surface area contributed by atoms with E-state index in [1.165, 1.54) is 4.90 Å². The number of nitrogens with one attached hydrogen (secondary N) is 1. The third-order valence-corrected chi connectivity index (χ3v) is 2.21. The molecule has 0 heterocycles. The molecule has 0 saturated heterocycles. The number of carboxylic acids is 1. The first-order valence-corrected chi connectivity index (χ1v) is 5.08. The lowest BCUT2D eigenvalue weighted by Crippen LogP contribution is -2.45. The Balaban J connectivity index is 2.37. The molecule has 6 heteroatoms. The Morgan fingerprint density at radius 1 is 1.47 bits per heavy atom. The van der Waals surface area contributed by atoms with Crippen LogP contribution in [0.2, 0.25) is 0 Å². The zero-order valence-electron chi connectivity index (χ0n) is 8.61. The number of carbonyl (C=O) groups is 2. The maximum Gasteiger partial charge on any atom is 0.323 e. The van der Waals surface area contributed by atoms with Crippen molar-refractivity contribution < 1.29 is 14.7 Å². The van der Waals surface area contributed by atoms with Crippen molar-refractivity contribution in [1.82, 2.24) is 10.2 Å². The van der Waals surface area contributed by atoms with E-state index in [1.807, 2.05) is 0 Å². The molecular formula is C9H17N3O3. The largest absolute Gasteiger partial charge is 0.480 e. The predicted octanol–water partition coefficient (Wildman–Crippen LogP) is -0.549. The zero-order chi connectivity index (χ0) is 11.3. The van der Waals surface area contributed by atoms with Crippen LogP contribution in [0.5, 0.6) is 0 Å². The van der Waals surface area contributed by atoms with Crippen LogP contribution in [0.25, 0.3) is 0 Å². The van der Waals surface area contributed by atoms with Crippen LogP contribution in [0.3, 0.4) is 0 Å². The van der Waals surface area contributed by atoms with E-state index < -0.39 is 5.97 Å². The first-order valence-electron chi connectivity index (χ1n) is 5.08. The first kappa shape index (κ1) is 11.8. The quantitative estimate of drug-likeness (QED) is 0.554. The summed E-state index contributed by atoms with van der Waals surface area (Å²) in [6, 6.07) is -0.338. The normalized spacial score (nSPS) is 14.7. The SMILES string of the molecule is NCCNC(=O)N(CC(=O)O)CC1CC1. The van der Waals surface area contributed by atoms with Crippen molar-refractivity contribution in [3.05, 3.63) is 0 Å². The molecule has 0 atom stereocenters. The topological polar surface area (TPSA) is 95.7 Å². The molecule has 2 amide bonds. The minimum absolute atomic E-state index is 0.243. The van der Waals surface area contributed by atoms with Gasteiger partial charge in [-0.15, -0.1) is 0 Å². The van der Waals surface area contributed by atoms with Gasteiger partial charge in [0.15, 0.2) is 0 Å². The summed E-state index contributed by atoms with van der Waals surface area (Å²) in [5.41, 5.74) is 5.24. The van der Waals surface area contributed by atoms with Crippen LogP contribution in [0.15, 0.2) is 0 Å². The summed E-state index contributed by atoms with van der Waals surface area (Å²) < 4.78 is 0. The third-order valence-electron chi connectivity index (χ3n) is 2.21. The van der Waals surface area contributed by atoms with Crippen molar-refractivity contribution in [3.63, 3.8) is 0 Å². The number of amides is 2. The standard InChI is InChI=1S/C9H17N3O3/c10-3-4-11-9(15)12(6-8(13)14)5-7-1-2-7/h7H,1-6,10H2,(H,11,15)(H,13,14). The lowest BCUT2D eigenvalue weighted by atomic mass is 10.3. The van der Waals surface area contributed by atoms with Crippen LogP contribution >= 0.6 is 0 Å². The van der Waals surface area contributed by atoms with Crippen molar-refractivity contribution in [1.29, 1.82) is 0 Å². The molecule has 0 bridgehead atoms. The average Bonchev–Trinajstić information content (AvgIpc) is 2.96. The zero-order valence-corrected chi connectivity index (χ0v) is 8.61. The van der Waals surface area contributed by atoms with Crippen LogP contribution in [-0.2, 0) is 4.79 Å². The van der Waals surface area contributed by atoms with E-state index in [0.717, 1.165) is 12.8 Å². The van der Waals surface area contributed by atoms with Gasteiger partial charge in [0.1, 0.15) is 6.54 Å². The van der Waals surface area contributed by atoms with Gasteiger partial charge >= 0.3 is 12.0 Å². The summed E-state index contributed by atoms with van der Waals surface area (Å²) in [7, 11) is 0. The van der Waals surface area contributed by atoms with E-state index in [-0.39, 0.29) is 12.6 Å². The van der Waals surface area contributed by atoms with Crippen LogP contribution in [-0.4, -0.2) is 48.2 Å². The minimum atomic E-state index is -0.987. The molecule has 1 aliphatic rings. The molecule has 4 N–H and O–H groups in total. The summed E-state index contributed by atoms with van der Waals surface area (Å²) in [6.07, 6.45) is 2.17. The van der Waals surface area contributed by atoms with Gasteiger partial charge < -0.3 is 21.1 Å². The van der Waals surface area contributed by atoms with Crippen molar-refractivity contribution in [3.8, 4) is 0 Å². The Bertz CT molecular complexity index is 241. The van der Waals surface area contributed by atoms with Gasteiger partial charge in [-0.3, -0.25) is 4.79 Å². The van der Waals surface area contributed by atoms with Crippen LogP contribution in [0.4, 0.5) is 4.79 Å². The summed E-state index contributed by atoms with van der Waals surface area (Å²) in [5.74, 6) is -0.508. The molecule has 0 radical (unpaired) electrons. The summed E-state index contributed by atoms with van der Waals surface area (Å²) in [4.78, 5) is 23.4. The lowest BCUT2D eigenvalue weighted by Gasteiger charge is -2.20. The number of nitrogens with two attached hydrogens (primary N) is 1. The predicted molar refractivity (Wildman–Crippen MR) is 54.4 cm³/mol. The summed E-state index contributed by atoms with van der Waals surface area (Å²) in [5, 5.41) is 11.2. The monoisotopic (exact) mass is 215 g/mol. The molecule has 1 saturated carbocycles. The van der Waals surface area contributed by atoms with Gasteiger partial charge in [0.05, 0.1) is 0 Å². The highest BCUT2D eigenvalue weighted by molar-refractivity contribution is 5.80. The van der Waals surface area contributed by atoms with E-state index in [4.69, 9.17) is 10.8 Å². The Labute approximate surface area is 88.4 Å². The summed E-state index contributed by atoms with van der Waals surface area (Å²) >= 11 is 0. The number of aliphatic carboxylic acids is 1. The van der Waals surface area contributed by atoms with Crippen LogP contribution in [0, 0.1) is 5.92 Å². The van der Waals surface area contributed by atoms with Gasteiger partial charge in [-0.05, 0) is 18.8 Å². The second-order valence-electron chi connectivity index (χ2n) is 3.74. The maximum absolute atomic E-state index is 11.5. The fourth-order valence-electron chi connectivity index (χ4n) is 1.29. The molecule has 0 aliphatic heterocycles. The average molecular weight is 215 g/mol. The Morgan fingerprint density at radius 3 is 2.60 bits per heavy atom. The van der Waals surface area contributed by atoms with Crippen LogP contribution in [0.1, 0.15) is 12.8 Å². The number of carbonyl (C=O) groups excluding carboxylic acids is 1. The molecule has 15 heavy (non-hydrogen) atoms. The molecule has 0 spiro atoms. The lowest BCUT2D eigenvalue weighted by molar-refractivity contribution is -0.137. The van der Waals surface area contributed by atoms with Crippen molar-refractivity contribution in [2.45, 2.75) is 12.8 Å². The molecule has 0 aromatic heterocycles. The van der Waals surface area contributed by atoms with Gasteiger partial charge in [-0.2, -0.15) is 0 Å².